The van der Waals surface area contributed by atoms with Crippen LogP contribution in [0.25, 0.3) is 10.8 Å². The lowest BCUT2D eigenvalue weighted by molar-refractivity contribution is 0.0691. The molecule has 1 aromatic heterocycles. The van der Waals surface area contributed by atoms with Gasteiger partial charge in [0.25, 0.3) is 0 Å². The summed E-state index contributed by atoms with van der Waals surface area (Å²) in [6, 6.07) is 9.42. The molecular weight excluding hydrogens is 252 g/mol. The Kier molecular flexibility index (Phi) is 4.23. The third-order valence-electron chi connectivity index (χ3n) is 3.21. The molecule has 2 rings (SSSR count). The van der Waals surface area contributed by atoms with Crippen molar-refractivity contribution in [2.75, 3.05) is 18.0 Å². The van der Waals surface area contributed by atoms with Gasteiger partial charge in [0, 0.05) is 18.5 Å². The van der Waals surface area contributed by atoms with Crippen LogP contribution in [-0.4, -0.2) is 29.1 Å². The Bertz CT molecular complexity index is 623. The van der Waals surface area contributed by atoms with Crippen LogP contribution < -0.4 is 4.90 Å². The van der Waals surface area contributed by atoms with Gasteiger partial charge in [-0.3, -0.25) is 0 Å². The molecule has 0 amide bonds. The number of rotatable bonds is 5. The number of nitrogens with zero attached hydrogens (tertiary/aromatic N) is 2. The molecule has 0 aliphatic rings. The van der Waals surface area contributed by atoms with E-state index in [4.69, 9.17) is 0 Å². The van der Waals surface area contributed by atoms with Gasteiger partial charge in [0.1, 0.15) is 5.82 Å². The third kappa shape index (κ3) is 2.90. The number of anilines is 1. The van der Waals surface area contributed by atoms with E-state index in [-0.39, 0.29) is 5.69 Å². The van der Waals surface area contributed by atoms with Gasteiger partial charge >= 0.3 is 5.97 Å². The van der Waals surface area contributed by atoms with Crippen LogP contribution in [0.1, 0.15) is 31.3 Å². The Morgan fingerprint density at radius 2 is 2.05 bits per heavy atom. The van der Waals surface area contributed by atoms with Crippen molar-refractivity contribution in [1.29, 1.82) is 0 Å². The molecule has 20 heavy (non-hydrogen) atoms. The zero-order valence-corrected chi connectivity index (χ0v) is 12.1. The van der Waals surface area contributed by atoms with E-state index in [1.807, 2.05) is 24.3 Å². The van der Waals surface area contributed by atoms with E-state index in [1.54, 1.807) is 6.07 Å². The maximum atomic E-state index is 11.2. The lowest BCUT2D eigenvalue weighted by atomic mass is 10.1. The minimum Gasteiger partial charge on any atom is -0.477 e. The summed E-state index contributed by atoms with van der Waals surface area (Å²) in [6.45, 7) is 8.01. The van der Waals surface area contributed by atoms with Crippen molar-refractivity contribution in [3.05, 3.63) is 36.0 Å². The average Bonchev–Trinajstić information content (AvgIpc) is 2.43. The predicted octanol–water partition coefficient (Wildman–Crippen LogP) is 3.42. The van der Waals surface area contributed by atoms with Crippen molar-refractivity contribution in [3.63, 3.8) is 0 Å². The van der Waals surface area contributed by atoms with Crippen molar-refractivity contribution in [1.82, 2.24) is 4.98 Å². The van der Waals surface area contributed by atoms with Crippen molar-refractivity contribution in [2.24, 2.45) is 5.92 Å². The van der Waals surface area contributed by atoms with Crippen LogP contribution in [0, 0.1) is 5.92 Å². The first kappa shape index (κ1) is 14.3. The first-order valence-corrected chi connectivity index (χ1v) is 6.91. The fraction of sp³-hybridized carbons (Fsp3) is 0.375. The number of carboxylic acids is 1. The van der Waals surface area contributed by atoms with Crippen LogP contribution in [0.15, 0.2) is 30.3 Å². The molecule has 0 bridgehead atoms. The largest absolute Gasteiger partial charge is 0.477 e. The molecule has 0 fully saturated rings. The van der Waals surface area contributed by atoms with Crippen LogP contribution in [0.3, 0.4) is 0 Å². The highest BCUT2D eigenvalue weighted by molar-refractivity contribution is 5.98. The predicted molar refractivity (Wildman–Crippen MR) is 81.4 cm³/mol. The smallest absolute Gasteiger partial charge is 0.354 e. The van der Waals surface area contributed by atoms with Crippen LogP contribution >= 0.6 is 0 Å². The minimum absolute atomic E-state index is 0.0981. The van der Waals surface area contributed by atoms with Gasteiger partial charge in [-0.05, 0) is 24.3 Å². The maximum Gasteiger partial charge on any atom is 0.354 e. The molecule has 0 aliphatic heterocycles. The Morgan fingerprint density at radius 3 is 2.65 bits per heavy atom. The number of benzene rings is 1. The average molecular weight is 272 g/mol. The number of carbonyl (C=O) groups is 1. The summed E-state index contributed by atoms with van der Waals surface area (Å²) in [7, 11) is 0. The van der Waals surface area contributed by atoms with Crippen LogP contribution in [-0.2, 0) is 0 Å². The third-order valence-corrected chi connectivity index (χ3v) is 3.21. The quantitative estimate of drug-likeness (QED) is 0.906. The second-order valence-corrected chi connectivity index (χ2v) is 5.29. The van der Waals surface area contributed by atoms with E-state index in [2.05, 4.69) is 30.7 Å². The van der Waals surface area contributed by atoms with Gasteiger partial charge < -0.3 is 10.0 Å². The molecule has 1 N–H and O–H groups in total. The van der Waals surface area contributed by atoms with Gasteiger partial charge in [0.2, 0.25) is 0 Å². The van der Waals surface area contributed by atoms with E-state index in [0.29, 0.717) is 5.92 Å². The van der Waals surface area contributed by atoms with Gasteiger partial charge in [0.05, 0.1) is 0 Å². The Morgan fingerprint density at radius 1 is 1.35 bits per heavy atom. The van der Waals surface area contributed by atoms with Crippen LogP contribution in [0.4, 0.5) is 5.82 Å². The first-order chi connectivity index (χ1) is 9.52. The first-order valence-electron chi connectivity index (χ1n) is 6.91. The molecule has 0 aliphatic carbocycles. The maximum absolute atomic E-state index is 11.2. The van der Waals surface area contributed by atoms with Gasteiger partial charge in [-0.2, -0.15) is 0 Å². The molecule has 0 radical (unpaired) electrons. The van der Waals surface area contributed by atoms with Crippen molar-refractivity contribution in [3.8, 4) is 0 Å². The summed E-state index contributed by atoms with van der Waals surface area (Å²) in [4.78, 5) is 17.7. The van der Waals surface area contributed by atoms with Crippen molar-refractivity contribution in [2.45, 2.75) is 20.8 Å². The van der Waals surface area contributed by atoms with Gasteiger partial charge in [-0.25, -0.2) is 9.78 Å². The standard InChI is InChI=1S/C16H20N2O2/c1-4-18(10-11(2)3)15-13-8-6-5-7-12(13)9-14(17-15)16(19)20/h5-9,11H,4,10H2,1-3H3,(H,19,20). The topological polar surface area (TPSA) is 53.4 Å². The summed E-state index contributed by atoms with van der Waals surface area (Å²) in [5.41, 5.74) is 0.0981. The van der Waals surface area contributed by atoms with E-state index in [9.17, 15) is 9.90 Å². The van der Waals surface area contributed by atoms with Crippen molar-refractivity contribution < 1.29 is 9.90 Å². The number of carboxylic acid groups (broad SMARTS) is 1. The molecule has 0 saturated carbocycles. The molecule has 0 unspecified atom stereocenters. The zero-order chi connectivity index (χ0) is 14.7. The number of hydrogen-bond donors (Lipinski definition) is 1. The lowest BCUT2D eigenvalue weighted by Gasteiger charge is -2.25. The molecule has 0 spiro atoms. The highest BCUT2D eigenvalue weighted by Gasteiger charge is 2.15. The zero-order valence-electron chi connectivity index (χ0n) is 12.1. The summed E-state index contributed by atoms with van der Waals surface area (Å²) in [5.74, 6) is 0.262. The monoisotopic (exact) mass is 272 g/mol. The van der Waals surface area contributed by atoms with Crippen LogP contribution in [0.2, 0.25) is 0 Å². The van der Waals surface area contributed by atoms with E-state index in [0.717, 1.165) is 29.7 Å². The lowest BCUT2D eigenvalue weighted by Crippen LogP contribution is -2.28. The van der Waals surface area contributed by atoms with E-state index < -0.39 is 5.97 Å². The second kappa shape index (κ2) is 5.90. The fourth-order valence-electron chi connectivity index (χ4n) is 2.34. The molecule has 1 heterocycles. The summed E-state index contributed by atoms with van der Waals surface area (Å²) in [5, 5.41) is 11.1. The van der Waals surface area contributed by atoms with E-state index in [1.165, 1.54) is 0 Å². The molecular formula is C16H20N2O2. The molecule has 4 heteroatoms. The molecule has 2 aromatic rings. The fourth-order valence-corrected chi connectivity index (χ4v) is 2.34. The van der Waals surface area contributed by atoms with Crippen LogP contribution in [0.5, 0.6) is 0 Å². The van der Waals surface area contributed by atoms with Gasteiger partial charge in [-0.15, -0.1) is 0 Å². The molecule has 1 aromatic carbocycles. The summed E-state index contributed by atoms with van der Waals surface area (Å²) < 4.78 is 0. The molecule has 0 saturated heterocycles. The second-order valence-electron chi connectivity index (χ2n) is 5.29. The van der Waals surface area contributed by atoms with E-state index >= 15 is 0 Å². The normalized spacial score (nSPS) is 11.0. The van der Waals surface area contributed by atoms with Crippen molar-refractivity contribution >= 4 is 22.6 Å². The highest BCUT2D eigenvalue weighted by Crippen LogP contribution is 2.26. The number of hydrogen-bond acceptors (Lipinski definition) is 3. The summed E-state index contributed by atoms with van der Waals surface area (Å²) in [6.07, 6.45) is 0. The number of fused-ring (bicyclic) bond motifs is 1. The SMILES string of the molecule is CCN(CC(C)C)c1nc(C(=O)O)cc2ccccc12. The minimum atomic E-state index is -0.988. The Labute approximate surface area is 119 Å². The Balaban J connectivity index is 2.62. The van der Waals surface area contributed by atoms with Gasteiger partial charge in [-0.1, -0.05) is 38.1 Å². The number of pyridine rings is 1. The summed E-state index contributed by atoms with van der Waals surface area (Å²) >= 11 is 0. The molecule has 0 atom stereocenters. The molecule has 106 valence electrons. The molecule has 4 nitrogen and oxygen atoms in total. The highest BCUT2D eigenvalue weighted by atomic mass is 16.4. The number of aromatic nitrogens is 1. The Hall–Kier alpha value is -2.10. The number of aromatic carboxylic acids is 1. The van der Waals surface area contributed by atoms with Gasteiger partial charge in [0.15, 0.2) is 5.69 Å².